The maximum atomic E-state index is 12.4. The second-order valence-electron chi connectivity index (χ2n) is 5.90. The molecule has 0 bridgehead atoms. The highest BCUT2D eigenvalue weighted by Crippen LogP contribution is 2.15. The molecule has 0 heterocycles. The number of hydrogen-bond donors (Lipinski definition) is 1. The second-order valence-corrected chi connectivity index (χ2v) is 5.90. The van der Waals surface area contributed by atoms with Gasteiger partial charge in [-0.15, -0.1) is 0 Å². The van der Waals surface area contributed by atoms with Crippen LogP contribution in [0.3, 0.4) is 0 Å². The molecule has 0 atom stereocenters. The Balaban J connectivity index is 1.96. The van der Waals surface area contributed by atoms with Gasteiger partial charge in [-0.3, -0.25) is 9.59 Å². The van der Waals surface area contributed by atoms with Crippen LogP contribution in [-0.2, 0) is 11.2 Å². The average molecular weight is 354 g/mol. The number of anilines is 1. The molecule has 0 aromatic heterocycles. The molecule has 138 valence electrons. The van der Waals surface area contributed by atoms with Gasteiger partial charge in [-0.1, -0.05) is 25.1 Å². The lowest BCUT2D eigenvalue weighted by molar-refractivity contribution is -0.118. The van der Waals surface area contributed by atoms with Gasteiger partial charge in [-0.25, -0.2) is 0 Å². The smallest absolute Gasteiger partial charge is 0.262 e. The molecule has 0 unspecified atom stereocenters. The Morgan fingerprint density at radius 1 is 1.00 bits per heavy atom. The Labute approximate surface area is 155 Å². The summed E-state index contributed by atoms with van der Waals surface area (Å²) in [6, 6.07) is 14.7. The molecule has 2 amide bonds. The zero-order valence-electron chi connectivity index (χ0n) is 15.6. The molecule has 0 saturated carbocycles. The molecule has 0 aliphatic heterocycles. The summed E-state index contributed by atoms with van der Waals surface area (Å²) < 4.78 is 5.55. The van der Waals surface area contributed by atoms with Crippen molar-refractivity contribution in [1.29, 1.82) is 0 Å². The van der Waals surface area contributed by atoms with E-state index in [1.54, 1.807) is 29.2 Å². The average Bonchev–Trinajstić information content (AvgIpc) is 2.67. The van der Waals surface area contributed by atoms with Crippen molar-refractivity contribution in [3.05, 3.63) is 59.7 Å². The number of amides is 2. The van der Waals surface area contributed by atoms with Crippen molar-refractivity contribution in [2.45, 2.75) is 27.2 Å². The van der Waals surface area contributed by atoms with E-state index in [2.05, 4.69) is 12.2 Å². The van der Waals surface area contributed by atoms with Crippen molar-refractivity contribution in [3.63, 3.8) is 0 Å². The molecule has 0 fully saturated rings. The summed E-state index contributed by atoms with van der Waals surface area (Å²) in [7, 11) is 0. The summed E-state index contributed by atoms with van der Waals surface area (Å²) in [4.78, 5) is 26.3. The molecule has 5 heteroatoms. The largest absolute Gasteiger partial charge is 0.484 e. The first-order chi connectivity index (χ1) is 12.6. The minimum atomic E-state index is -0.265. The molecule has 2 aromatic rings. The molecule has 0 aliphatic carbocycles. The van der Waals surface area contributed by atoms with Crippen LogP contribution in [0.25, 0.3) is 0 Å². The zero-order valence-corrected chi connectivity index (χ0v) is 15.6. The molecule has 2 rings (SSSR count). The topological polar surface area (TPSA) is 58.6 Å². The van der Waals surface area contributed by atoms with Crippen molar-refractivity contribution in [2.75, 3.05) is 25.0 Å². The third kappa shape index (κ3) is 5.34. The SMILES string of the molecule is CCc1cccc(OCC(=O)Nc2cccc(C(=O)N(CC)CC)c2)c1. The number of aryl methyl sites for hydroxylation is 1. The van der Waals surface area contributed by atoms with Crippen LogP contribution in [0.15, 0.2) is 48.5 Å². The van der Waals surface area contributed by atoms with Crippen LogP contribution in [0, 0.1) is 0 Å². The minimum absolute atomic E-state index is 0.0428. The van der Waals surface area contributed by atoms with Gasteiger partial charge in [-0.2, -0.15) is 0 Å². The number of carbonyl (C=O) groups is 2. The van der Waals surface area contributed by atoms with Crippen LogP contribution >= 0.6 is 0 Å². The number of ether oxygens (including phenoxy) is 1. The summed E-state index contributed by atoms with van der Waals surface area (Å²) >= 11 is 0. The number of rotatable bonds is 8. The predicted octanol–water partition coefficient (Wildman–Crippen LogP) is 3.75. The summed E-state index contributed by atoms with van der Waals surface area (Å²) in [6.07, 6.45) is 0.913. The summed E-state index contributed by atoms with van der Waals surface area (Å²) in [5, 5.41) is 2.78. The van der Waals surface area contributed by atoms with Crippen LogP contribution in [0.1, 0.15) is 36.7 Å². The van der Waals surface area contributed by atoms with Gasteiger partial charge >= 0.3 is 0 Å². The molecule has 26 heavy (non-hydrogen) atoms. The highest BCUT2D eigenvalue weighted by molar-refractivity contribution is 5.97. The predicted molar refractivity (Wildman–Crippen MR) is 104 cm³/mol. The lowest BCUT2D eigenvalue weighted by atomic mass is 10.1. The molecule has 5 nitrogen and oxygen atoms in total. The molecule has 2 aromatic carbocycles. The van der Waals surface area contributed by atoms with Gasteiger partial charge in [0.2, 0.25) is 0 Å². The molecule has 0 saturated heterocycles. The van der Waals surface area contributed by atoms with Gasteiger partial charge in [0.25, 0.3) is 11.8 Å². The van der Waals surface area contributed by atoms with Crippen molar-refractivity contribution in [1.82, 2.24) is 4.90 Å². The lowest BCUT2D eigenvalue weighted by Gasteiger charge is -2.19. The maximum Gasteiger partial charge on any atom is 0.262 e. The van der Waals surface area contributed by atoms with Gasteiger partial charge < -0.3 is 15.0 Å². The molecule has 0 radical (unpaired) electrons. The van der Waals surface area contributed by atoms with Crippen LogP contribution in [0.4, 0.5) is 5.69 Å². The second kappa shape index (κ2) is 9.61. The van der Waals surface area contributed by atoms with Gasteiger partial charge in [-0.05, 0) is 56.2 Å². The monoisotopic (exact) mass is 354 g/mol. The minimum Gasteiger partial charge on any atom is -0.484 e. The van der Waals surface area contributed by atoms with E-state index in [9.17, 15) is 9.59 Å². The first kappa shape index (κ1) is 19.5. The van der Waals surface area contributed by atoms with E-state index in [0.29, 0.717) is 30.1 Å². The van der Waals surface area contributed by atoms with Gasteiger partial charge in [0.05, 0.1) is 0 Å². The maximum absolute atomic E-state index is 12.4. The van der Waals surface area contributed by atoms with Gasteiger partial charge in [0, 0.05) is 24.3 Å². The van der Waals surface area contributed by atoms with Crippen LogP contribution < -0.4 is 10.1 Å². The van der Waals surface area contributed by atoms with E-state index in [1.807, 2.05) is 38.1 Å². The Hall–Kier alpha value is -2.82. The van der Waals surface area contributed by atoms with Crippen molar-refractivity contribution < 1.29 is 14.3 Å². The Bertz CT molecular complexity index is 754. The highest BCUT2D eigenvalue weighted by Gasteiger charge is 2.13. The van der Waals surface area contributed by atoms with Crippen molar-refractivity contribution in [3.8, 4) is 5.75 Å². The standard InChI is InChI=1S/C21H26N2O3/c1-4-16-9-7-12-19(13-16)26-15-20(24)22-18-11-8-10-17(14-18)21(25)23(5-2)6-3/h7-14H,4-6,15H2,1-3H3,(H,22,24). The fourth-order valence-corrected chi connectivity index (χ4v) is 2.62. The zero-order chi connectivity index (χ0) is 18.9. The number of nitrogens with one attached hydrogen (secondary N) is 1. The van der Waals surface area contributed by atoms with E-state index in [4.69, 9.17) is 4.74 Å². The van der Waals surface area contributed by atoms with Crippen molar-refractivity contribution in [2.24, 2.45) is 0 Å². The van der Waals surface area contributed by atoms with Crippen molar-refractivity contribution >= 4 is 17.5 Å². The first-order valence-electron chi connectivity index (χ1n) is 8.98. The Kier molecular flexibility index (Phi) is 7.21. The number of nitrogens with zero attached hydrogens (tertiary/aromatic N) is 1. The fraction of sp³-hybridized carbons (Fsp3) is 0.333. The number of carbonyl (C=O) groups excluding carboxylic acids is 2. The first-order valence-corrected chi connectivity index (χ1v) is 8.98. The Morgan fingerprint density at radius 2 is 1.73 bits per heavy atom. The Morgan fingerprint density at radius 3 is 2.42 bits per heavy atom. The van der Waals surface area contributed by atoms with Crippen LogP contribution in [0.2, 0.25) is 0 Å². The molecular formula is C21H26N2O3. The quantitative estimate of drug-likeness (QED) is 0.785. The van der Waals surface area contributed by atoms with E-state index in [-0.39, 0.29) is 18.4 Å². The summed E-state index contributed by atoms with van der Waals surface area (Å²) in [5.74, 6) is 0.364. The summed E-state index contributed by atoms with van der Waals surface area (Å²) in [5.41, 5.74) is 2.30. The van der Waals surface area contributed by atoms with E-state index >= 15 is 0 Å². The lowest BCUT2D eigenvalue weighted by Crippen LogP contribution is -2.30. The van der Waals surface area contributed by atoms with Gasteiger partial charge in [0.15, 0.2) is 6.61 Å². The van der Waals surface area contributed by atoms with Gasteiger partial charge in [0.1, 0.15) is 5.75 Å². The molecular weight excluding hydrogens is 328 g/mol. The molecule has 0 aliphatic rings. The van der Waals surface area contributed by atoms with Crippen LogP contribution in [-0.4, -0.2) is 36.4 Å². The highest BCUT2D eigenvalue weighted by atomic mass is 16.5. The fourth-order valence-electron chi connectivity index (χ4n) is 2.62. The normalized spacial score (nSPS) is 10.3. The number of benzene rings is 2. The van der Waals surface area contributed by atoms with E-state index in [1.165, 1.54) is 0 Å². The van der Waals surface area contributed by atoms with Crippen LogP contribution in [0.5, 0.6) is 5.75 Å². The molecule has 0 spiro atoms. The summed E-state index contributed by atoms with van der Waals surface area (Å²) in [6.45, 7) is 7.17. The third-order valence-electron chi connectivity index (χ3n) is 4.12. The number of hydrogen-bond acceptors (Lipinski definition) is 3. The molecule has 1 N–H and O–H groups in total. The van der Waals surface area contributed by atoms with E-state index < -0.39 is 0 Å². The third-order valence-corrected chi connectivity index (χ3v) is 4.12. The van der Waals surface area contributed by atoms with E-state index in [0.717, 1.165) is 12.0 Å².